The van der Waals surface area contributed by atoms with E-state index in [-0.39, 0.29) is 6.03 Å². The summed E-state index contributed by atoms with van der Waals surface area (Å²) in [4.78, 5) is 14.6. The van der Waals surface area contributed by atoms with Gasteiger partial charge in [-0.3, -0.25) is 0 Å². The van der Waals surface area contributed by atoms with Gasteiger partial charge in [0.1, 0.15) is 0 Å². The summed E-state index contributed by atoms with van der Waals surface area (Å²) in [6, 6.07) is 7.90. The Morgan fingerprint density at radius 3 is 2.77 bits per heavy atom. The molecule has 3 rings (SSSR count). The van der Waals surface area contributed by atoms with Crippen LogP contribution in [-0.4, -0.2) is 36.6 Å². The van der Waals surface area contributed by atoms with Gasteiger partial charge in [-0.05, 0) is 43.9 Å². The molecule has 4 nitrogen and oxygen atoms in total. The van der Waals surface area contributed by atoms with Crippen molar-refractivity contribution in [2.75, 3.05) is 25.0 Å². The fourth-order valence-corrected chi connectivity index (χ4v) is 3.78. The Hall–Kier alpha value is -1.26. The van der Waals surface area contributed by atoms with Crippen molar-refractivity contribution in [1.82, 2.24) is 10.2 Å². The third-order valence-electron chi connectivity index (χ3n) is 4.83. The van der Waals surface area contributed by atoms with E-state index in [1.165, 1.54) is 38.6 Å². The number of benzene rings is 1. The van der Waals surface area contributed by atoms with Gasteiger partial charge in [0.25, 0.3) is 0 Å². The molecule has 1 aromatic carbocycles. The zero-order valence-corrected chi connectivity index (χ0v) is 13.6. The van der Waals surface area contributed by atoms with Crippen LogP contribution in [0.5, 0.6) is 0 Å². The van der Waals surface area contributed by atoms with Crippen LogP contribution in [0.3, 0.4) is 0 Å². The molecule has 1 aliphatic heterocycles. The van der Waals surface area contributed by atoms with Crippen molar-refractivity contribution in [1.29, 1.82) is 0 Å². The fourth-order valence-electron chi connectivity index (χ4n) is 3.60. The van der Waals surface area contributed by atoms with Crippen LogP contribution in [0.1, 0.15) is 32.1 Å². The Bertz CT molecular complexity index is 516. The Balaban J connectivity index is 1.41. The number of hydrogen-bond acceptors (Lipinski definition) is 2. The van der Waals surface area contributed by atoms with Gasteiger partial charge in [0.2, 0.25) is 0 Å². The summed E-state index contributed by atoms with van der Waals surface area (Å²) in [6.45, 7) is 3.04. The number of nitrogens with zero attached hydrogens (tertiary/aromatic N) is 1. The molecule has 1 aromatic rings. The molecule has 5 heteroatoms. The van der Waals surface area contributed by atoms with Gasteiger partial charge in [-0.2, -0.15) is 0 Å². The minimum Gasteiger partial charge on any atom is -0.338 e. The first-order valence-electron chi connectivity index (χ1n) is 8.26. The van der Waals surface area contributed by atoms with Crippen molar-refractivity contribution in [3.05, 3.63) is 29.3 Å². The van der Waals surface area contributed by atoms with E-state index in [1.54, 1.807) is 12.1 Å². The van der Waals surface area contributed by atoms with Crippen molar-refractivity contribution >= 4 is 23.3 Å². The average Bonchev–Trinajstić information content (AvgIpc) is 3.18. The summed E-state index contributed by atoms with van der Waals surface area (Å²) in [5.74, 6) is 0.567. The van der Waals surface area contributed by atoms with Gasteiger partial charge in [-0.15, -0.1) is 0 Å². The predicted octanol–water partition coefficient (Wildman–Crippen LogP) is 3.73. The molecule has 0 spiro atoms. The van der Waals surface area contributed by atoms with Crippen LogP contribution in [0, 0.1) is 5.92 Å². The van der Waals surface area contributed by atoms with E-state index in [4.69, 9.17) is 11.6 Å². The summed E-state index contributed by atoms with van der Waals surface area (Å²) < 4.78 is 0. The molecule has 2 fully saturated rings. The number of rotatable bonds is 4. The highest BCUT2D eigenvalue weighted by atomic mass is 35.5. The van der Waals surface area contributed by atoms with Crippen LogP contribution in [-0.2, 0) is 0 Å². The number of halogens is 1. The molecule has 1 saturated carbocycles. The van der Waals surface area contributed by atoms with E-state index in [9.17, 15) is 4.79 Å². The summed E-state index contributed by atoms with van der Waals surface area (Å²) in [5, 5.41) is 6.34. The number of urea groups is 1. The van der Waals surface area contributed by atoms with E-state index in [0.29, 0.717) is 16.6 Å². The monoisotopic (exact) mass is 321 g/mol. The van der Waals surface area contributed by atoms with E-state index >= 15 is 0 Å². The van der Waals surface area contributed by atoms with Crippen LogP contribution in [0.4, 0.5) is 10.5 Å². The first-order valence-corrected chi connectivity index (χ1v) is 8.63. The highest BCUT2D eigenvalue weighted by Gasteiger charge is 2.29. The fraction of sp³-hybridized carbons (Fsp3) is 0.588. The largest absolute Gasteiger partial charge is 0.338 e. The normalized spacial score (nSPS) is 22.9. The lowest BCUT2D eigenvalue weighted by molar-refractivity contribution is 0.234. The van der Waals surface area contributed by atoms with E-state index in [1.807, 2.05) is 12.1 Å². The molecule has 2 aliphatic rings. The smallest absolute Gasteiger partial charge is 0.319 e. The van der Waals surface area contributed by atoms with Gasteiger partial charge in [-0.25, -0.2) is 4.79 Å². The zero-order chi connectivity index (χ0) is 15.4. The maximum absolute atomic E-state index is 12.0. The quantitative estimate of drug-likeness (QED) is 0.887. The van der Waals surface area contributed by atoms with Crippen LogP contribution >= 0.6 is 11.6 Å². The minimum atomic E-state index is -0.174. The van der Waals surface area contributed by atoms with Crippen molar-refractivity contribution in [2.45, 2.75) is 38.1 Å². The third kappa shape index (κ3) is 3.93. The molecular weight excluding hydrogens is 298 g/mol. The van der Waals surface area contributed by atoms with Crippen LogP contribution in [0.15, 0.2) is 24.3 Å². The zero-order valence-electron chi connectivity index (χ0n) is 12.9. The lowest BCUT2D eigenvalue weighted by atomic mass is 10.1. The van der Waals surface area contributed by atoms with Crippen molar-refractivity contribution in [3.63, 3.8) is 0 Å². The Labute approximate surface area is 137 Å². The molecular formula is C17H24ClN3O. The molecule has 0 aromatic heterocycles. The van der Waals surface area contributed by atoms with Gasteiger partial charge in [0.15, 0.2) is 0 Å². The van der Waals surface area contributed by atoms with Crippen LogP contribution < -0.4 is 10.6 Å². The maximum Gasteiger partial charge on any atom is 0.319 e. The molecule has 1 heterocycles. The third-order valence-corrected chi connectivity index (χ3v) is 5.16. The molecule has 120 valence electrons. The number of carbonyl (C=O) groups is 1. The standard InChI is InChI=1S/C17H24ClN3O/c18-15-7-3-4-8-16(15)20-17(22)19-11-13-9-10-21(12-13)14-5-1-2-6-14/h3-4,7-8,13-14H,1-2,5-6,9-12H2,(H2,19,20,22)/t13-/m1/s1. The van der Waals surface area contributed by atoms with Gasteiger partial charge < -0.3 is 15.5 Å². The molecule has 1 aliphatic carbocycles. The average molecular weight is 322 g/mol. The second-order valence-corrected chi connectivity index (χ2v) is 6.81. The Morgan fingerprint density at radius 1 is 1.23 bits per heavy atom. The molecule has 1 atom stereocenters. The second-order valence-electron chi connectivity index (χ2n) is 6.40. The molecule has 0 bridgehead atoms. The van der Waals surface area contributed by atoms with Crippen LogP contribution in [0.2, 0.25) is 5.02 Å². The Kier molecular flexibility index (Phi) is 5.21. The number of hydrogen-bond donors (Lipinski definition) is 2. The maximum atomic E-state index is 12.0. The number of amides is 2. The number of likely N-dealkylation sites (tertiary alicyclic amines) is 1. The summed E-state index contributed by atoms with van der Waals surface area (Å²) >= 11 is 6.04. The van der Waals surface area contributed by atoms with E-state index < -0.39 is 0 Å². The highest BCUT2D eigenvalue weighted by molar-refractivity contribution is 6.33. The van der Waals surface area contributed by atoms with Gasteiger partial charge >= 0.3 is 6.03 Å². The van der Waals surface area contributed by atoms with E-state index in [0.717, 1.165) is 19.1 Å². The molecule has 2 N–H and O–H groups in total. The predicted molar refractivity (Wildman–Crippen MR) is 90.4 cm³/mol. The van der Waals surface area contributed by atoms with Crippen molar-refractivity contribution < 1.29 is 4.79 Å². The van der Waals surface area contributed by atoms with Crippen molar-refractivity contribution in [3.8, 4) is 0 Å². The SMILES string of the molecule is O=C(NC[C@H]1CCN(C2CCCC2)C1)Nc1ccccc1Cl. The summed E-state index contributed by atoms with van der Waals surface area (Å²) in [5.41, 5.74) is 0.653. The second kappa shape index (κ2) is 7.34. The van der Waals surface area contributed by atoms with Gasteiger partial charge in [0.05, 0.1) is 10.7 Å². The number of carbonyl (C=O) groups excluding carboxylic acids is 1. The first-order chi connectivity index (χ1) is 10.7. The lowest BCUT2D eigenvalue weighted by Gasteiger charge is -2.23. The number of para-hydroxylation sites is 1. The minimum absolute atomic E-state index is 0.174. The van der Waals surface area contributed by atoms with Gasteiger partial charge in [0, 0.05) is 19.1 Å². The molecule has 0 unspecified atom stereocenters. The van der Waals surface area contributed by atoms with Gasteiger partial charge in [-0.1, -0.05) is 36.6 Å². The summed E-state index contributed by atoms with van der Waals surface area (Å²) in [6.07, 6.45) is 6.65. The molecule has 0 radical (unpaired) electrons. The molecule has 2 amide bonds. The highest BCUT2D eigenvalue weighted by Crippen LogP contribution is 2.28. The number of nitrogens with one attached hydrogen (secondary N) is 2. The number of anilines is 1. The van der Waals surface area contributed by atoms with Crippen LogP contribution in [0.25, 0.3) is 0 Å². The van der Waals surface area contributed by atoms with E-state index in [2.05, 4.69) is 15.5 Å². The first kappa shape index (κ1) is 15.6. The Morgan fingerprint density at radius 2 is 2.00 bits per heavy atom. The van der Waals surface area contributed by atoms with Crippen molar-refractivity contribution in [2.24, 2.45) is 5.92 Å². The topological polar surface area (TPSA) is 44.4 Å². The lowest BCUT2D eigenvalue weighted by Crippen LogP contribution is -2.35. The molecule has 1 saturated heterocycles. The molecule has 22 heavy (non-hydrogen) atoms. The summed E-state index contributed by atoms with van der Waals surface area (Å²) in [7, 11) is 0.